The van der Waals surface area contributed by atoms with E-state index in [4.69, 9.17) is 4.74 Å². The van der Waals surface area contributed by atoms with E-state index < -0.39 is 0 Å². The van der Waals surface area contributed by atoms with Crippen LogP contribution in [0.25, 0.3) is 0 Å². The highest BCUT2D eigenvalue weighted by molar-refractivity contribution is 5.82. The number of morpholine rings is 1. The average Bonchev–Trinajstić information content (AvgIpc) is 2.90. The first kappa shape index (κ1) is 13.6. The summed E-state index contributed by atoms with van der Waals surface area (Å²) in [4.78, 5) is 14.6. The topological polar surface area (TPSA) is 41.6 Å². The molecule has 0 aromatic heterocycles. The molecule has 4 nitrogen and oxygen atoms in total. The molecule has 1 N–H and O–H groups in total. The summed E-state index contributed by atoms with van der Waals surface area (Å²) in [6.45, 7) is 4.93. The highest BCUT2D eigenvalue weighted by atomic mass is 16.5. The van der Waals surface area contributed by atoms with E-state index in [1.54, 1.807) is 0 Å². The molecule has 4 heteroatoms. The van der Waals surface area contributed by atoms with E-state index in [2.05, 4.69) is 36.5 Å². The molecule has 2 aliphatic heterocycles. The van der Waals surface area contributed by atoms with Gasteiger partial charge >= 0.3 is 0 Å². The number of benzene rings is 1. The standard InChI is InChI=1S/C16H22N2O2/c1-12-9-14(13-5-3-2-4-6-13)10-18(12)16(19)15-11-20-8-7-17-15/h2-6,12,14-15,17H,7-11H2,1H3/t12-,14-,15-/m1/s1. The van der Waals surface area contributed by atoms with Gasteiger partial charge in [0.2, 0.25) is 5.91 Å². The molecule has 1 aromatic carbocycles. The lowest BCUT2D eigenvalue weighted by atomic mass is 9.97. The van der Waals surface area contributed by atoms with Crippen LogP contribution in [0.3, 0.4) is 0 Å². The number of amides is 1. The molecule has 2 fully saturated rings. The number of carbonyl (C=O) groups is 1. The number of nitrogens with one attached hydrogen (secondary N) is 1. The Bertz CT molecular complexity index is 457. The summed E-state index contributed by atoms with van der Waals surface area (Å²) in [6, 6.07) is 10.6. The molecule has 2 heterocycles. The third-order valence-corrected chi connectivity index (χ3v) is 4.35. The Hall–Kier alpha value is -1.39. The molecule has 0 bridgehead atoms. The minimum atomic E-state index is -0.166. The predicted octanol–water partition coefficient (Wildman–Crippen LogP) is 1.38. The molecular formula is C16H22N2O2. The molecule has 2 saturated heterocycles. The Kier molecular flexibility index (Phi) is 4.03. The molecule has 20 heavy (non-hydrogen) atoms. The Balaban J connectivity index is 1.67. The number of likely N-dealkylation sites (tertiary alicyclic amines) is 1. The maximum Gasteiger partial charge on any atom is 0.242 e. The van der Waals surface area contributed by atoms with Gasteiger partial charge in [-0.15, -0.1) is 0 Å². The summed E-state index contributed by atoms with van der Waals surface area (Å²) < 4.78 is 5.40. The Labute approximate surface area is 120 Å². The molecule has 2 aliphatic rings. The number of hydrogen-bond donors (Lipinski definition) is 1. The number of hydrogen-bond acceptors (Lipinski definition) is 3. The minimum Gasteiger partial charge on any atom is -0.378 e. The van der Waals surface area contributed by atoms with Crippen molar-refractivity contribution >= 4 is 5.91 Å². The number of carbonyl (C=O) groups excluding carboxylic acids is 1. The van der Waals surface area contributed by atoms with Crippen LogP contribution >= 0.6 is 0 Å². The third kappa shape index (κ3) is 2.72. The highest BCUT2D eigenvalue weighted by Crippen LogP contribution is 2.31. The van der Waals surface area contributed by atoms with Crippen LogP contribution in [0.2, 0.25) is 0 Å². The zero-order valence-corrected chi connectivity index (χ0v) is 11.9. The molecule has 0 unspecified atom stereocenters. The fourth-order valence-electron chi connectivity index (χ4n) is 3.23. The number of rotatable bonds is 2. The normalized spacial score (nSPS) is 30.4. The van der Waals surface area contributed by atoms with Gasteiger partial charge in [-0.05, 0) is 18.9 Å². The first-order valence-electron chi connectivity index (χ1n) is 7.42. The van der Waals surface area contributed by atoms with Gasteiger partial charge in [-0.25, -0.2) is 0 Å². The maximum atomic E-state index is 12.6. The van der Waals surface area contributed by atoms with Crippen LogP contribution in [0.15, 0.2) is 30.3 Å². The van der Waals surface area contributed by atoms with Crippen LogP contribution in [0, 0.1) is 0 Å². The third-order valence-electron chi connectivity index (χ3n) is 4.35. The van der Waals surface area contributed by atoms with Gasteiger partial charge in [0.15, 0.2) is 0 Å². The smallest absolute Gasteiger partial charge is 0.242 e. The maximum absolute atomic E-state index is 12.6. The molecule has 108 valence electrons. The zero-order valence-electron chi connectivity index (χ0n) is 11.9. The van der Waals surface area contributed by atoms with Crippen molar-refractivity contribution in [2.45, 2.75) is 31.3 Å². The van der Waals surface area contributed by atoms with Gasteiger partial charge in [-0.3, -0.25) is 4.79 Å². The van der Waals surface area contributed by atoms with Gasteiger partial charge in [0.25, 0.3) is 0 Å². The van der Waals surface area contributed by atoms with Crippen molar-refractivity contribution in [3.8, 4) is 0 Å². The number of ether oxygens (including phenoxy) is 1. The predicted molar refractivity (Wildman–Crippen MR) is 77.6 cm³/mol. The molecule has 0 radical (unpaired) electrons. The SMILES string of the molecule is C[C@@H]1C[C@@H](c2ccccc2)CN1C(=O)[C@H]1COCCN1. The van der Waals surface area contributed by atoms with Gasteiger partial charge in [0.05, 0.1) is 13.2 Å². The van der Waals surface area contributed by atoms with Gasteiger partial charge in [0, 0.05) is 25.0 Å². The largest absolute Gasteiger partial charge is 0.378 e. The average molecular weight is 274 g/mol. The Morgan fingerprint density at radius 1 is 1.35 bits per heavy atom. The molecule has 1 aromatic rings. The van der Waals surface area contributed by atoms with E-state index in [1.807, 2.05) is 11.0 Å². The molecule has 0 saturated carbocycles. The van der Waals surface area contributed by atoms with E-state index in [0.717, 1.165) is 19.5 Å². The van der Waals surface area contributed by atoms with Gasteiger partial charge in [-0.1, -0.05) is 30.3 Å². The second-order valence-electron chi connectivity index (χ2n) is 5.76. The summed E-state index contributed by atoms with van der Waals surface area (Å²) in [5.41, 5.74) is 1.34. The van der Waals surface area contributed by atoms with Crippen LogP contribution in [-0.4, -0.2) is 49.2 Å². The van der Waals surface area contributed by atoms with Crippen molar-refractivity contribution in [2.24, 2.45) is 0 Å². The summed E-state index contributed by atoms with van der Waals surface area (Å²) in [5, 5.41) is 3.25. The van der Waals surface area contributed by atoms with E-state index in [0.29, 0.717) is 25.2 Å². The van der Waals surface area contributed by atoms with Crippen molar-refractivity contribution < 1.29 is 9.53 Å². The summed E-state index contributed by atoms with van der Waals surface area (Å²) in [7, 11) is 0. The van der Waals surface area contributed by atoms with Crippen LogP contribution in [0.5, 0.6) is 0 Å². The molecule has 0 aliphatic carbocycles. The molecule has 3 rings (SSSR count). The highest BCUT2D eigenvalue weighted by Gasteiger charge is 2.36. The number of nitrogens with zero attached hydrogens (tertiary/aromatic N) is 1. The van der Waals surface area contributed by atoms with Gasteiger partial charge in [0.1, 0.15) is 6.04 Å². The fourth-order valence-corrected chi connectivity index (χ4v) is 3.23. The van der Waals surface area contributed by atoms with Crippen LogP contribution in [-0.2, 0) is 9.53 Å². The van der Waals surface area contributed by atoms with E-state index >= 15 is 0 Å². The zero-order chi connectivity index (χ0) is 13.9. The van der Waals surface area contributed by atoms with Crippen LogP contribution < -0.4 is 5.32 Å². The van der Waals surface area contributed by atoms with Crippen molar-refractivity contribution in [2.75, 3.05) is 26.3 Å². The van der Waals surface area contributed by atoms with E-state index in [1.165, 1.54) is 5.56 Å². The lowest BCUT2D eigenvalue weighted by Crippen LogP contribution is -2.53. The lowest BCUT2D eigenvalue weighted by molar-refractivity contribution is -0.136. The van der Waals surface area contributed by atoms with Crippen LogP contribution in [0.4, 0.5) is 0 Å². The van der Waals surface area contributed by atoms with E-state index in [-0.39, 0.29) is 11.9 Å². The van der Waals surface area contributed by atoms with Crippen molar-refractivity contribution in [3.63, 3.8) is 0 Å². The second-order valence-corrected chi connectivity index (χ2v) is 5.76. The molecular weight excluding hydrogens is 252 g/mol. The monoisotopic (exact) mass is 274 g/mol. The van der Waals surface area contributed by atoms with Gasteiger partial charge < -0.3 is 15.0 Å². The Morgan fingerprint density at radius 2 is 2.15 bits per heavy atom. The summed E-state index contributed by atoms with van der Waals surface area (Å²) in [6.07, 6.45) is 1.04. The van der Waals surface area contributed by atoms with Crippen LogP contribution in [0.1, 0.15) is 24.8 Å². The minimum absolute atomic E-state index is 0.166. The van der Waals surface area contributed by atoms with Crippen molar-refractivity contribution in [1.29, 1.82) is 0 Å². The van der Waals surface area contributed by atoms with Gasteiger partial charge in [-0.2, -0.15) is 0 Å². The fraction of sp³-hybridized carbons (Fsp3) is 0.562. The molecule has 0 spiro atoms. The first-order valence-corrected chi connectivity index (χ1v) is 7.42. The van der Waals surface area contributed by atoms with Crippen molar-refractivity contribution in [3.05, 3.63) is 35.9 Å². The summed E-state index contributed by atoms with van der Waals surface area (Å²) >= 11 is 0. The van der Waals surface area contributed by atoms with E-state index in [9.17, 15) is 4.79 Å². The summed E-state index contributed by atoms with van der Waals surface area (Å²) in [5.74, 6) is 0.648. The lowest BCUT2D eigenvalue weighted by Gasteiger charge is -2.29. The molecule has 1 amide bonds. The first-order chi connectivity index (χ1) is 9.75. The molecule has 3 atom stereocenters. The quantitative estimate of drug-likeness (QED) is 0.886. The second kappa shape index (κ2) is 5.94. The Morgan fingerprint density at radius 3 is 2.85 bits per heavy atom. The van der Waals surface area contributed by atoms with Crippen molar-refractivity contribution in [1.82, 2.24) is 10.2 Å².